The van der Waals surface area contributed by atoms with Gasteiger partial charge in [0.2, 0.25) is 5.89 Å². The van der Waals surface area contributed by atoms with Crippen LogP contribution < -0.4 is 10.6 Å². The first-order valence-electron chi connectivity index (χ1n) is 8.47. The van der Waals surface area contributed by atoms with E-state index in [1.54, 1.807) is 31.1 Å². The molecule has 2 N–H and O–H groups in total. The predicted octanol–water partition coefficient (Wildman–Crippen LogP) is 1.55. The average Bonchev–Trinajstić information content (AvgIpc) is 3.20. The lowest BCUT2D eigenvalue weighted by molar-refractivity contribution is 0.0510. The monoisotopic (exact) mass is 383 g/mol. The largest absolute Gasteiger partial charge is 0.440 e. The number of methoxy groups -OCH3 is 1. The Morgan fingerprint density at radius 1 is 1.46 bits per heavy atom. The van der Waals surface area contributed by atoms with Crippen LogP contribution in [-0.2, 0) is 11.8 Å². The molecule has 0 unspecified atom stereocenters. The molecule has 3 heterocycles. The summed E-state index contributed by atoms with van der Waals surface area (Å²) in [5, 5.41) is 10.5. The van der Waals surface area contributed by atoms with Crippen LogP contribution in [-0.4, -0.2) is 54.0 Å². The summed E-state index contributed by atoms with van der Waals surface area (Å²) >= 11 is 0. The number of amides is 1. The van der Waals surface area contributed by atoms with Gasteiger partial charge in [-0.05, 0) is 32.9 Å². The van der Waals surface area contributed by atoms with Gasteiger partial charge in [0.15, 0.2) is 5.69 Å². The number of carbonyl (C=O) groups excluding carboxylic acids is 1. The van der Waals surface area contributed by atoms with Crippen molar-refractivity contribution in [1.82, 2.24) is 25.4 Å². The summed E-state index contributed by atoms with van der Waals surface area (Å²) in [6, 6.07) is 0. The van der Waals surface area contributed by atoms with Crippen LogP contribution in [0.5, 0.6) is 0 Å². The number of nitrogens with one attached hydrogen (secondary N) is 2. The lowest BCUT2D eigenvalue weighted by Gasteiger charge is -2.37. The molecule has 1 fully saturated rings. The van der Waals surface area contributed by atoms with E-state index in [9.17, 15) is 4.79 Å². The molecule has 144 valence electrons. The summed E-state index contributed by atoms with van der Waals surface area (Å²) < 4.78 is 12.7. The van der Waals surface area contributed by atoms with E-state index >= 15 is 0 Å². The molecule has 0 saturated carbocycles. The van der Waals surface area contributed by atoms with E-state index in [4.69, 9.17) is 9.15 Å². The van der Waals surface area contributed by atoms with Crippen molar-refractivity contribution in [2.45, 2.75) is 19.8 Å². The number of hydrogen-bond donors (Lipinski definition) is 2. The van der Waals surface area contributed by atoms with E-state index in [-0.39, 0.29) is 23.7 Å². The first-order chi connectivity index (χ1) is 12.0. The normalized spacial score (nSPS) is 16.1. The first kappa shape index (κ1) is 20.4. The van der Waals surface area contributed by atoms with Gasteiger partial charge < -0.3 is 19.8 Å². The third-order valence-corrected chi connectivity index (χ3v) is 4.70. The van der Waals surface area contributed by atoms with Crippen LogP contribution in [0.3, 0.4) is 0 Å². The van der Waals surface area contributed by atoms with Crippen molar-refractivity contribution >= 4 is 18.3 Å². The van der Waals surface area contributed by atoms with Crippen molar-refractivity contribution in [3.05, 3.63) is 23.8 Å². The maximum Gasteiger partial charge on any atom is 0.273 e. The highest BCUT2D eigenvalue weighted by atomic mass is 35.5. The molecule has 26 heavy (non-hydrogen) atoms. The molecule has 0 aliphatic carbocycles. The number of rotatable bonds is 6. The van der Waals surface area contributed by atoms with E-state index < -0.39 is 0 Å². The number of ether oxygens (including phenoxy) is 1. The van der Waals surface area contributed by atoms with Crippen LogP contribution in [0.2, 0.25) is 0 Å². The van der Waals surface area contributed by atoms with Gasteiger partial charge in [0.1, 0.15) is 5.76 Å². The number of aryl methyl sites for hydroxylation is 2. The molecule has 0 atom stereocenters. The Bertz CT molecular complexity index is 731. The summed E-state index contributed by atoms with van der Waals surface area (Å²) in [7, 11) is 3.52. The van der Waals surface area contributed by atoms with E-state index in [0.717, 1.165) is 31.5 Å². The van der Waals surface area contributed by atoms with E-state index in [0.29, 0.717) is 30.5 Å². The molecule has 1 amide bonds. The average molecular weight is 384 g/mol. The fraction of sp³-hybridized carbons (Fsp3) is 0.588. The molecule has 9 heteroatoms. The standard InChI is InChI=1S/C17H25N5O3.ClH/c1-12-14(21-16(25-12)13-8-20-22(2)9-13)15(23)19-10-17(11-24-3)4-6-18-7-5-17;/h8-9,18H,4-7,10-11H2,1-3H3,(H,19,23);1H. The van der Waals surface area contributed by atoms with Crippen molar-refractivity contribution in [3.63, 3.8) is 0 Å². The number of aromatic nitrogens is 3. The van der Waals surface area contributed by atoms with Crippen LogP contribution >= 0.6 is 12.4 Å². The van der Waals surface area contributed by atoms with Crippen LogP contribution in [0.25, 0.3) is 11.5 Å². The van der Waals surface area contributed by atoms with Gasteiger partial charge in [-0.3, -0.25) is 9.48 Å². The number of halogens is 1. The second kappa shape index (κ2) is 8.66. The molecule has 2 aromatic rings. The highest BCUT2D eigenvalue weighted by molar-refractivity contribution is 5.93. The van der Waals surface area contributed by atoms with Gasteiger partial charge >= 0.3 is 0 Å². The van der Waals surface area contributed by atoms with Crippen molar-refractivity contribution in [2.75, 3.05) is 33.4 Å². The number of oxazole rings is 1. The Kier molecular flexibility index (Phi) is 6.80. The lowest BCUT2D eigenvalue weighted by Crippen LogP contribution is -2.47. The maximum absolute atomic E-state index is 12.6. The molecule has 2 aromatic heterocycles. The number of hydrogen-bond acceptors (Lipinski definition) is 6. The molecule has 3 rings (SSSR count). The molecule has 1 aliphatic heterocycles. The Balaban J connectivity index is 0.00000243. The summed E-state index contributed by atoms with van der Waals surface area (Å²) in [6.07, 6.45) is 5.41. The van der Waals surface area contributed by atoms with Crippen LogP contribution in [0.15, 0.2) is 16.8 Å². The summed E-state index contributed by atoms with van der Waals surface area (Å²) in [5.74, 6) is 0.692. The van der Waals surface area contributed by atoms with Crippen LogP contribution in [0.4, 0.5) is 0 Å². The first-order valence-corrected chi connectivity index (χ1v) is 8.47. The van der Waals surface area contributed by atoms with Crippen LogP contribution in [0.1, 0.15) is 29.1 Å². The highest BCUT2D eigenvalue weighted by Gasteiger charge is 2.33. The second-order valence-electron chi connectivity index (χ2n) is 6.69. The van der Waals surface area contributed by atoms with Gasteiger partial charge in [-0.1, -0.05) is 0 Å². The third-order valence-electron chi connectivity index (χ3n) is 4.70. The lowest BCUT2D eigenvalue weighted by atomic mass is 9.79. The molecule has 1 saturated heterocycles. The Hall–Kier alpha value is -1.90. The predicted molar refractivity (Wildman–Crippen MR) is 99.4 cm³/mol. The molecular weight excluding hydrogens is 358 g/mol. The number of piperidine rings is 1. The van der Waals surface area contributed by atoms with Gasteiger partial charge in [0, 0.05) is 32.3 Å². The quantitative estimate of drug-likeness (QED) is 0.786. The molecule has 1 aliphatic rings. The molecule has 0 bridgehead atoms. The Labute approximate surface area is 159 Å². The van der Waals surface area contributed by atoms with Crippen molar-refractivity contribution < 1.29 is 13.9 Å². The van der Waals surface area contributed by atoms with Gasteiger partial charge in [-0.2, -0.15) is 5.10 Å². The maximum atomic E-state index is 12.6. The van der Waals surface area contributed by atoms with Gasteiger partial charge in [-0.25, -0.2) is 4.98 Å². The zero-order valence-corrected chi connectivity index (χ0v) is 16.2. The van der Waals surface area contributed by atoms with E-state index in [1.807, 2.05) is 7.05 Å². The van der Waals surface area contributed by atoms with Gasteiger partial charge in [0.05, 0.1) is 18.4 Å². The molecule has 8 nitrogen and oxygen atoms in total. The van der Waals surface area contributed by atoms with Gasteiger partial charge in [0.25, 0.3) is 5.91 Å². The van der Waals surface area contributed by atoms with Crippen molar-refractivity contribution in [3.8, 4) is 11.5 Å². The molecule has 0 radical (unpaired) electrons. The Morgan fingerprint density at radius 3 is 2.81 bits per heavy atom. The van der Waals surface area contributed by atoms with E-state index in [1.165, 1.54) is 0 Å². The zero-order valence-electron chi connectivity index (χ0n) is 15.4. The third kappa shape index (κ3) is 4.44. The number of nitrogens with zero attached hydrogens (tertiary/aromatic N) is 3. The zero-order chi connectivity index (χ0) is 17.9. The minimum Gasteiger partial charge on any atom is -0.440 e. The summed E-state index contributed by atoms with van der Waals surface area (Å²) in [6.45, 7) is 4.82. The van der Waals surface area contributed by atoms with Crippen molar-refractivity contribution in [1.29, 1.82) is 0 Å². The van der Waals surface area contributed by atoms with Crippen molar-refractivity contribution in [2.24, 2.45) is 12.5 Å². The van der Waals surface area contributed by atoms with Gasteiger partial charge in [-0.15, -0.1) is 12.4 Å². The summed E-state index contributed by atoms with van der Waals surface area (Å²) in [4.78, 5) is 16.9. The fourth-order valence-corrected chi connectivity index (χ4v) is 3.25. The minimum absolute atomic E-state index is 0. The number of carbonyl (C=O) groups is 1. The highest BCUT2D eigenvalue weighted by Crippen LogP contribution is 2.28. The Morgan fingerprint density at radius 2 is 2.19 bits per heavy atom. The smallest absolute Gasteiger partial charge is 0.273 e. The topological polar surface area (TPSA) is 94.2 Å². The SMILES string of the molecule is COCC1(CNC(=O)c2nc(-c3cnn(C)c3)oc2C)CCNCC1.Cl. The summed E-state index contributed by atoms with van der Waals surface area (Å²) in [5.41, 5.74) is 1.04. The fourth-order valence-electron chi connectivity index (χ4n) is 3.25. The molecule has 0 aromatic carbocycles. The van der Waals surface area contributed by atoms with Crippen LogP contribution in [0, 0.1) is 12.3 Å². The molecule has 0 spiro atoms. The molecular formula is C17H26ClN5O3. The second-order valence-corrected chi connectivity index (χ2v) is 6.69. The minimum atomic E-state index is -0.217. The van der Waals surface area contributed by atoms with E-state index in [2.05, 4.69) is 20.7 Å².